The van der Waals surface area contributed by atoms with Crippen molar-refractivity contribution >= 4 is 46.0 Å². The number of nitrogens with zero attached hydrogens (tertiary/aromatic N) is 1. The van der Waals surface area contributed by atoms with Crippen molar-refractivity contribution in [2.45, 2.75) is 49.8 Å². The Morgan fingerprint density at radius 2 is 2.12 bits per heavy atom. The van der Waals surface area contributed by atoms with Crippen LogP contribution in [0, 0.1) is 5.82 Å². The minimum Gasteiger partial charge on any atom is -0.326 e. The lowest BCUT2D eigenvalue weighted by Gasteiger charge is -2.17. The predicted octanol–water partition coefficient (Wildman–Crippen LogP) is 3.73. The second-order valence-corrected chi connectivity index (χ2v) is 7.80. The van der Waals surface area contributed by atoms with Gasteiger partial charge in [-0.3, -0.25) is 14.6 Å². The van der Waals surface area contributed by atoms with Gasteiger partial charge in [0.05, 0.1) is 11.1 Å². The van der Waals surface area contributed by atoms with Crippen LogP contribution in [0.1, 0.15) is 38.5 Å². The summed E-state index contributed by atoms with van der Waals surface area (Å²) in [5.41, 5.74) is 0.399. The van der Waals surface area contributed by atoms with Gasteiger partial charge in [0, 0.05) is 12.1 Å². The van der Waals surface area contributed by atoms with Crippen molar-refractivity contribution in [3.8, 4) is 0 Å². The summed E-state index contributed by atoms with van der Waals surface area (Å²) in [6.07, 6.45) is 5.72. The lowest BCUT2D eigenvalue weighted by Crippen LogP contribution is -2.28. The van der Waals surface area contributed by atoms with Crippen molar-refractivity contribution in [3.63, 3.8) is 0 Å². The van der Waals surface area contributed by atoms with Crippen LogP contribution in [0.5, 0.6) is 0 Å². The highest BCUT2D eigenvalue weighted by atomic mass is 35.5. The zero-order chi connectivity index (χ0) is 17.8. The maximum atomic E-state index is 13.1. The summed E-state index contributed by atoms with van der Waals surface area (Å²) in [6, 6.07) is 4.22. The normalized spacial score (nSPS) is 22.9. The second kappa shape index (κ2) is 8.19. The zero-order valence-electron chi connectivity index (χ0n) is 13.6. The van der Waals surface area contributed by atoms with Gasteiger partial charge in [0.1, 0.15) is 11.1 Å². The molecule has 2 fully saturated rings. The van der Waals surface area contributed by atoms with Gasteiger partial charge in [0.25, 0.3) is 0 Å². The number of rotatable bonds is 4. The maximum absolute atomic E-state index is 13.1. The molecule has 2 aliphatic rings. The fraction of sp³-hybridized carbons (Fsp3) is 0.471. The topological polar surface area (TPSA) is 70.6 Å². The summed E-state index contributed by atoms with van der Waals surface area (Å²) in [6.45, 7) is 0. The van der Waals surface area contributed by atoms with Crippen LogP contribution in [0.3, 0.4) is 0 Å². The maximum Gasteiger partial charge on any atom is 0.240 e. The summed E-state index contributed by atoms with van der Waals surface area (Å²) < 4.78 is 13.1. The highest BCUT2D eigenvalue weighted by Crippen LogP contribution is 2.27. The Kier molecular flexibility index (Phi) is 5.96. The molecule has 1 aliphatic carbocycles. The Hall–Kier alpha value is -1.60. The first-order chi connectivity index (χ1) is 12.0. The molecule has 1 atom stereocenters. The smallest absolute Gasteiger partial charge is 0.240 e. The summed E-state index contributed by atoms with van der Waals surface area (Å²) in [4.78, 5) is 28.8. The number of nitrogens with one attached hydrogen (secondary N) is 2. The van der Waals surface area contributed by atoms with Crippen molar-refractivity contribution in [3.05, 3.63) is 29.0 Å². The molecule has 0 aromatic heterocycles. The first-order valence-electron chi connectivity index (χ1n) is 8.31. The molecule has 8 heteroatoms. The van der Waals surface area contributed by atoms with E-state index >= 15 is 0 Å². The third-order valence-electron chi connectivity index (χ3n) is 4.23. The van der Waals surface area contributed by atoms with Gasteiger partial charge < -0.3 is 10.6 Å². The molecular weight excluding hydrogens is 365 g/mol. The fourth-order valence-corrected chi connectivity index (χ4v) is 4.15. The molecule has 2 amide bonds. The quantitative estimate of drug-likeness (QED) is 0.832. The molecule has 134 valence electrons. The number of carbonyl (C=O) groups is 2. The molecule has 2 N–H and O–H groups in total. The number of hydrogen-bond donors (Lipinski definition) is 2. The molecule has 1 aromatic rings. The Morgan fingerprint density at radius 3 is 2.84 bits per heavy atom. The van der Waals surface area contributed by atoms with Crippen LogP contribution in [0.2, 0.25) is 5.02 Å². The predicted molar refractivity (Wildman–Crippen MR) is 98.5 cm³/mol. The number of carbonyl (C=O) groups excluding carboxylic acids is 2. The summed E-state index contributed by atoms with van der Waals surface area (Å²) >= 11 is 6.99. The van der Waals surface area contributed by atoms with Gasteiger partial charge >= 0.3 is 0 Å². The molecule has 1 unspecified atom stereocenters. The Morgan fingerprint density at radius 1 is 1.36 bits per heavy atom. The molecule has 0 spiro atoms. The molecule has 1 saturated carbocycles. The largest absolute Gasteiger partial charge is 0.326 e. The number of thioether (sulfide) groups is 1. The zero-order valence-corrected chi connectivity index (χ0v) is 15.1. The van der Waals surface area contributed by atoms with Gasteiger partial charge in [-0.25, -0.2) is 4.39 Å². The van der Waals surface area contributed by atoms with E-state index in [4.69, 9.17) is 11.6 Å². The van der Waals surface area contributed by atoms with Gasteiger partial charge in [-0.05, 0) is 31.0 Å². The van der Waals surface area contributed by atoms with Gasteiger partial charge in [-0.15, -0.1) is 0 Å². The van der Waals surface area contributed by atoms with Gasteiger partial charge in [-0.2, -0.15) is 0 Å². The van der Waals surface area contributed by atoms with E-state index in [9.17, 15) is 14.0 Å². The van der Waals surface area contributed by atoms with E-state index in [0.29, 0.717) is 10.9 Å². The van der Waals surface area contributed by atoms with Crippen LogP contribution in [-0.2, 0) is 9.59 Å². The average molecular weight is 384 g/mol. The van der Waals surface area contributed by atoms with E-state index in [1.54, 1.807) is 0 Å². The summed E-state index contributed by atoms with van der Waals surface area (Å²) in [5, 5.41) is 5.44. The minimum atomic E-state index is -0.547. The van der Waals surface area contributed by atoms with E-state index in [2.05, 4.69) is 15.6 Å². The van der Waals surface area contributed by atoms with Gasteiger partial charge in [0.2, 0.25) is 11.8 Å². The lowest BCUT2D eigenvalue weighted by atomic mass is 9.96. The fourth-order valence-electron chi connectivity index (χ4n) is 2.93. The minimum absolute atomic E-state index is 0.0230. The monoisotopic (exact) mass is 383 g/mol. The third-order valence-corrected chi connectivity index (χ3v) is 5.61. The molecule has 0 bridgehead atoms. The van der Waals surface area contributed by atoms with Crippen molar-refractivity contribution in [1.29, 1.82) is 0 Å². The van der Waals surface area contributed by atoms with Crippen molar-refractivity contribution < 1.29 is 14.0 Å². The highest BCUT2D eigenvalue weighted by molar-refractivity contribution is 8.15. The number of halogens is 2. The van der Waals surface area contributed by atoms with Crippen molar-refractivity contribution in [2.75, 3.05) is 5.32 Å². The SMILES string of the molecule is O=C(CC1SC(=NC2CCCCC2)NC1=O)Nc1ccc(F)c(Cl)c1. The van der Waals surface area contributed by atoms with Crippen LogP contribution in [-0.4, -0.2) is 28.3 Å². The number of hydrogen-bond acceptors (Lipinski definition) is 4. The standard InChI is InChI=1S/C17H19ClFN3O2S/c18-12-8-11(6-7-13(12)19)20-15(23)9-14-16(24)22-17(25-14)21-10-4-2-1-3-5-10/h6-8,10,14H,1-5,9H2,(H,20,23)(H,21,22,24). The Balaban J connectivity index is 1.55. The van der Waals surface area contributed by atoms with E-state index in [1.165, 1.54) is 49.2 Å². The second-order valence-electron chi connectivity index (χ2n) is 6.20. The Bertz CT molecular complexity index is 707. The first-order valence-corrected chi connectivity index (χ1v) is 9.57. The van der Waals surface area contributed by atoms with Crippen LogP contribution in [0.4, 0.5) is 10.1 Å². The Labute approximate surface area is 154 Å². The molecule has 25 heavy (non-hydrogen) atoms. The average Bonchev–Trinajstić information content (AvgIpc) is 2.91. The highest BCUT2D eigenvalue weighted by Gasteiger charge is 2.32. The molecule has 1 aliphatic heterocycles. The molecule has 1 saturated heterocycles. The lowest BCUT2D eigenvalue weighted by molar-refractivity contribution is -0.122. The van der Waals surface area contributed by atoms with Crippen molar-refractivity contribution in [1.82, 2.24) is 5.32 Å². The van der Waals surface area contributed by atoms with Crippen LogP contribution in [0.15, 0.2) is 23.2 Å². The van der Waals surface area contributed by atoms with Crippen molar-refractivity contribution in [2.24, 2.45) is 4.99 Å². The molecule has 3 rings (SSSR count). The first kappa shape index (κ1) is 18.2. The van der Waals surface area contributed by atoms with Gasteiger partial charge in [-0.1, -0.05) is 42.6 Å². The molecule has 1 aromatic carbocycles. The van der Waals surface area contributed by atoms with Crippen LogP contribution < -0.4 is 10.6 Å². The van der Waals surface area contributed by atoms with Gasteiger partial charge in [0.15, 0.2) is 5.17 Å². The third kappa shape index (κ3) is 4.95. The number of amidine groups is 1. The molecule has 1 heterocycles. The summed E-state index contributed by atoms with van der Waals surface area (Å²) in [7, 11) is 0. The summed E-state index contributed by atoms with van der Waals surface area (Å²) in [5.74, 6) is -1.07. The van der Waals surface area contributed by atoms with E-state index in [-0.39, 0.29) is 29.3 Å². The molecular formula is C17H19ClFN3O2S. The number of amides is 2. The number of aliphatic imine (C=N–C) groups is 1. The van der Waals surface area contributed by atoms with E-state index < -0.39 is 11.1 Å². The van der Waals surface area contributed by atoms with E-state index in [1.807, 2.05) is 0 Å². The number of anilines is 1. The van der Waals surface area contributed by atoms with Crippen LogP contribution in [0.25, 0.3) is 0 Å². The molecule has 5 nitrogen and oxygen atoms in total. The molecule has 0 radical (unpaired) electrons. The number of benzene rings is 1. The van der Waals surface area contributed by atoms with E-state index in [0.717, 1.165) is 12.8 Å². The van der Waals surface area contributed by atoms with Crippen LogP contribution >= 0.6 is 23.4 Å².